The molecule has 2 bridgehead atoms. The van der Waals surface area contributed by atoms with Crippen molar-refractivity contribution in [1.82, 2.24) is 19.6 Å². The first-order valence-corrected chi connectivity index (χ1v) is 12.3. The molecule has 1 aromatic rings. The van der Waals surface area contributed by atoms with Gasteiger partial charge in [-0.15, -0.1) is 0 Å². The van der Waals surface area contributed by atoms with Crippen LogP contribution in [0, 0.1) is 23.2 Å². The van der Waals surface area contributed by atoms with Crippen molar-refractivity contribution in [2.24, 2.45) is 11.8 Å². The van der Waals surface area contributed by atoms with Gasteiger partial charge in [0.05, 0.1) is 18.2 Å². The summed E-state index contributed by atoms with van der Waals surface area (Å²) < 4.78 is 0. The molecule has 1 aliphatic carbocycles. The molecule has 0 aromatic heterocycles. The van der Waals surface area contributed by atoms with Gasteiger partial charge in [0, 0.05) is 50.7 Å². The summed E-state index contributed by atoms with van der Waals surface area (Å²) in [6.45, 7) is 5.30. The van der Waals surface area contributed by atoms with E-state index in [1.54, 1.807) is 19.0 Å². The Balaban J connectivity index is 1.21. The summed E-state index contributed by atoms with van der Waals surface area (Å²) in [6, 6.07) is 9.66. The average Bonchev–Trinajstić information content (AvgIpc) is 3.15. The lowest BCUT2D eigenvalue weighted by Crippen LogP contribution is -2.53. The molecule has 3 amide bonds. The molecule has 5 rings (SSSR count). The van der Waals surface area contributed by atoms with Gasteiger partial charge in [-0.2, -0.15) is 5.26 Å². The fraction of sp³-hybridized carbons (Fsp3) is 0.615. The monoisotopic (exact) mass is 463 g/mol. The van der Waals surface area contributed by atoms with Crippen LogP contribution in [0.1, 0.15) is 55.1 Å². The summed E-state index contributed by atoms with van der Waals surface area (Å²) in [5.74, 6) is 0.423. The van der Waals surface area contributed by atoms with Crippen LogP contribution in [0.25, 0.3) is 0 Å². The Bertz CT molecular complexity index is 1050. The van der Waals surface area contributed by atoms with Crippen LogP contribution < -0.4 is 0 Å². The van der Waals surface area contributed by atoms with Gasteiger partial charge in [0.15, 0.2) is 0 Å². The average molecular weight is 464 g/mol. The van der Waals surface area contributed by atoms with Gasteiger partial charge in [-0.1, -0.05) is 19.1 Å². The summed E-state index contributed by atoms with van der Waals surface area (Å²) in [4.78, 5) is 46.1. The third kappa shape index (κ3) is 3.67. The number of nitrogens with zero attached hydrogens (tertiary/aromatic N) is 5. The second kappa shape index (κ2) is 8.38. The Morgan fingerprint density at radius 3 is 2.47 bits per heavy atom. The van der Waals surface area contributed by atoms with Gasteiger partial charge in [0.2, 0.25) is 11.8 Å². The lowest BCUT2D eigenvalue weighted by molar-refractivity contribution is -0.142. The highest BCUT2D eigenvalue weighted by Crippen LogP contribution is 2.48. The zero-order chi connectivity index (χ0) is 24.3. The van der Waals surface area contributed by atoms with Crippen molar-refractivity contribution in [3.05, 3.63) is 35.4 Å². The first-order chi connectivity index (χ1) is 16.2. The number of rotatable bonds is 6. The number of piperidine rings is 1. The minimum absolute atomic E-state index is 0.0398. The minimum atomic E-state index is -0.286. The molecule has 4 fully saturated rings. The fourth-order valence-corrected chi connectivity index (χ4v) is 6.30. The van der Waals surface area contributed by atoms with E-state index in [1.807, 2.05) is 47.9 Å². The number of likely N-dealkylation sites (tertiary alicyclic amines) is 3. The van der Waals surface area contributed by atoms with Gasteiger partial charge in [-0.25, -0.2) is 0 Å². The van der Waals surface area contributed by atoms with E-state index in [-0.39, 0.29) is 53.8 Å². The molecule has 1 aromatic carbocycles. The molecule has 0 spiro atoms. The number of benzene rings is 1. The third-order valence-corrected chi connectivity index (χ3v) is 8.22. The molecular weight excluding hydrogens is 430 g/mol. The van der Waals surface area contributed by atoms with Crippen LogP contribution in [0.15, 0.2) is 24.3 Å². The molecule has 7 atom stereocenters. The molecule has 3 saturated heterocycles. The van der Waals surface area contributed by atoms with E-state index in [9.17, 15) is 19.6 Å². The van der Waals surface area contributed by atoms with Crippen LogP contribution in [0.4, 0.5) is 0 Å². The van der Waals surface area contributed by atoms with Crippen LogP contribution in [0.5, 0.6) is 0 Å². The van der Waals surface area contributed by atoms with Crippen molar-refractivity contribution in [3.8, 4) is 6.07 Å². The van der Waals surface area contributed by atoms with Gasteiger partial charge >= 0.3 is 0 Å². The van der Waals surface area contributed by atoms with E-state index in [1.165, 1.54) is 0 Å². The quantitative estimate of drug-likeness (QED) is 0.643. The predicted molar refractivity (Wildman–Crippen MR) is 125 cm³/mol. The van der Waals surface area contributed by atoms with Crippen LogP contribution in [0.2, 0.25) is 0 Å². The number of carbonyl (C=O) groups excluding carboxylic acids is 3. The minimum Gasteiger partial charge on any atom is -0.345 e. The molecule has 180 valence electrons. The van der Waals surface area contributed by atoms with Crippen molar-refractivity contribution in [3.63, 3.8) is 0 Å². The zero-order valence-corrected chi connectivity index (χ0v) is 20.3. The Kier molecular flexibility index (Phi) is 5.64. The second-order valence-corrected chi connectivity index (χ2v) is 10.7. The van der Waals surface area contributed by atoms with E-state index in [4.69, 9.17) is 0 Å². The molecule has 8 heteroatoms. The van der Waals surface area contributed by atoms with Gasteiger partial charge in [-0.05, 0) is 49.8 Å². The van der Waals surface area contributed by atoms with E-state index in [0.717, 1.165) is 31.4 Å². The summed E-state index contributed by atoms with van der Waals surface area (Å²) >= 11 is 0. The fourth-order valence-electron chi connectivity index (χ4n) is 6.30. The molecule has 8 nitrogen and oxygen atoms in total. The van der Waals surface area contributed by atoms with Gasteiger partial charge in [0.25, 0.3) is 5.91 Å². The smallest absolute Gasteiger partial charge is 0.253 e. The maximum absolute atomic E-state index is 13.3. The number of nitriles is 1. The van der Waals surface area contributed by atoms with Crippen LogP contribution in [0.3, 0.4) is 0 Å². The van der Waals surface area contributed by atoms with Crippen LogP contribution >= 0.6 is 0 Å². The number of hydrogen-bond acceptors (Lipinski definition) is 5. The van der Waals surface area contributed by atoms with Gasteiger partial charge in [0.1, 0.15) is 6.04 Å². The van der Waals surface area contributed by atoms with Gasteiger partial charge in [-0.3, -0.25) is 19.3 Å². The number of amides is 3. The Morgan fingerprint density at radius 1 is 1.15 bits per heavy atom. The lowest BCUT2D eigenvalue weighted by atomic mass is 10.0. The summed E-state index contributed by atoms with van der Waals surface area (Å²) in [5, 5.41) is 9.43. The molecule has 4 aliphatic rings. The number of fused-ring (bicyclic) bond motifs is 3. The Morgan fingerprint density at radius 2 is 1.85 bits per heavy atom. The predicted octanol–water partition coefficient (Wildman–Crippen LogP) is 1.88. The van der Waals surface area contributed by atoms with E-state index in [0.29, 0.717) is 18.0 Å². The second-order valence-electron chi connectivity index (χ2n) is 10.7. The van der Waals surface area contributed by atoms with Crippen molar-refractivity contribution in [2.45, 2.75) is 63.3 Å². The van der Waals surface area contributed by atoms with Crippen molar-refractivity contribution in [1.29, 1.82) is 5.26 Å². The topological polar surface area (TPSA) is 88.0 Å². The third-order valence-electron chi connectivity index (χ3n) is 8.22. The molecular formula is C26H33N5O3. The highest BCUT2D eigenvalue weighted by molar-refractivity contribution is 5.94. The molecule has 3 heterocycles. The number of carbonyl (C=O) groups is 3. The van der Waals surface area contributed by atoms with Crippen LogP contribution in [-0.4, -0.2) is 88.7 Å². The number of piperazine rings is 1. The summed E-state index contributed by atoms with van der Waals surface area (Å²) in [7, 11) is 3.46. The largest absolute Gasteiger partial charge is 0.345 e. The van der Waals surface area contributed by atoms with E-state index >= 15 is 0 Å². The number of hydrogen-bond donors (Lipinski definition) is 0. The van der Waals surface area contributed by atoms with Crippen molar-refractivity contribution in [2.75, 3.05) is 27.2 Å². The first kappa shape index (κ1) is 22.9. The molecule has 1 saturated carbocycles. The normalized spacial score (nSPS) is 31.3. The van der Waals surface area contributed by atoms with Crippen molar-refractivity contribution < 1.29 is 14.4 Å². The SMILES string of the molecule is C[C@@H](CN1C[C@@H]2C[C@H]1C(=O)N2[C@@H](C)c1ccc(C(=O)N(C)C)cc1)C(=O)N1C2C[C@H]2C[C@H]1C#N. The lowest BCUT2D eigenvalue weighted by Gasteiger charge is -2.38. The highest BCUT2D eigenvalue weighted by atomic mass is 16.2. The Labute approximate surface area is 201 Å². The zero-order valence-electron chi connectivity index (χ0n) is 20.3. The molecule has 0 radical (unpaired) electrons. The molecule has 0 N–H and O–H groups in total. The van der Waals surface area contributed by atoms with Gasteiger partial charge < -0.3 is 14.7 Å². The maximum Gasteiger partial charge on any atom is 0.253 e. The standard InChI is InChI=1S/C26H33N5O3/c1-15(24(32)31-20(12-27)9-19-10-22(19)31)13-29-14-21-11-23(29)26(34)30(21)16(2)17-5-7-18(8-6-17)25(33)28(3)4/h5-8,15-16,19-23H,9-11,13-14H2,1-4H3/t15-,16-,19+,20-,21-,22?,23-/m0/s1. The highest BCUT2D eigenvalue weighted by Gasteiger charge is 2.55. The Hall–Kier alpha value is -2.92. The summed E-state index contributed by atoms with van der Waals surface area (Å²) in [6.07, 6.45) is 2.63. The maximum atomic E-state index is 13.3. The molecule has 34 heavy (non-hydrogen) atoms. The van der Waals surface area contributed by atoms with Crippen molar-refractivity contribution >= 4 is 17.7 Å². The van der Waals surface area contributed by atoms with E-state index in [2.05, 4.69) is 11.0 Å². The molecule has 1 unspecified atom stereocenters. The summed E-state index contributed by atoms with van der Waals surface area (Å²) in [5.41, 5.74) is 1.65. The van der Waals surface area contributed by atoms with E-state index < -0.39 is 0 Å². The molecule has 3 aliphatic heterocycles. The van der Waals surface area contributed by atoms with Crippen LogP contribution in [-0.2, 0) is 9.59 Å². The first-order valence-electron chi connectivity index (χ1n) is 12.3.